The minimum absolute atomic E-state index is 0.0950. The van der Waals surface area contributed by atoms with Gasteiger partial charge >= 0.3 is 0 Å². The van der Waals surface area contributed by atoms with E-state index in [-0.39, 0.29) is 25.2 Å². The standard InChI is InChI=1S/C63H111N13O20/c1-16-18-19-20-36-24-43(83)69-44(29(5)6)56(89)74-48(51(84)30(7)8)59(92)65-33(12)53(86)73-49(52(85)31(9)10)60(93)67-38(21-22-42(64)82)62(95)75(15)50(32(11)17-2)61(94)72-47(41(81)27-77)58(91)71-46(35(14)79)63(96)76-26-37(80)25-40(76)55(88)68-39(23-28(3)4)54(87)70-45(34(13)78)57(90)66-36/h28-41,44-52,77-81,84-85H,16-27H2,1-15H3,(H2,64,82)(H,65,92)(H,66,90)(H,67,93)(H,68,88)(H,69,83)(H,70,87)(H,71,91)(H,72,94)(H,73,86)(H,74,89)/t32?,33-,34+,35+,36+,37+,38+,39+,40-,41-,44-,45-,46-,47+,48+,49+,50-,51-,52+/m0/s1. The zero-order valence-corrected chi connectivity index (χ0v) is 58.2. The number of nitrogens with zero attached hydrogens (tertiary/aromatic N) is 2. The molecular weight excluding hydrogens is 1260 g/mol. The molecule has 2 rings (SSSR count). The first-order valence-electron chi connectivity index (χ1n) is 33.2. The first-order valence-corrected chi connectivity index (χ1v) is 33.2. The van der Waals surface area contributed by atoms with Gasteiger partial charge in [0.2, 0.25) is 76.8 Å². The topological polar surface area (TPSA) is 516 Å². The number of rotatable bonds is 20. The Morgan fingerprint density at radius 1 is 0.552 bits per heavy atom. The van der Waals surface area contributed by atoms with Crippen molar-refractivity contribution in [1.29, 1.82) is 0 Å². The molecule has 2 aliphatic heterocycles. The number of hydrogen-bond donors (Lipinski definition) is 18. The maximum atomic E-state index is 14.7. The predicted molar refractivity (Wildman–Crippen MR) is 347 cm³/mol. The summed E-state index contributed by atoms with van der Waals surface area (Å²) < 4.78 is 0. The van der Waals surface area contributed by atoms with Crippen LogP contribution in [0.15, 0.2) is 0 Å². The molecule has 548 valence electrons. The molecule has 2 fully saturated rings. The van der Waals surface area contributed by atoms with Gasteiger partial charge in [-0.3, -0.25) is 62.3 Å². The largest absolute Gasteiger partial charge is 0.394 e. The zero-order chi connectivity index (χ0) is 73.5. The zero-order valence-electron chi connectivity index (χ0n) is 58.2. The van der Waals surface area contributed by atoms with Crippen LogP contribution in [0.4, 0.5) is 0 Å². The Morgan fingerprint density at radius 3 is 1.54 bits per heavy atom. The van der Waals surface area contributed by atoms with Crippen LogP contribution >= 0.6 is 0 Å². The number of amides is 13. The molecule has 2 aliphatic rings. The molecule has 0 aliphatic carbocycles. The van der Waals surface area contributed by atoms with E-state index in [2.05, 4.69) is 53.2 Å². The highest BCUT2D eigenvalue weighted by Gasteiger charge is 2.47. The summed E-state index contributed by atoms with van der Waals surface area (Å²) in [6, 6.07) is -20.1. The van der Waals surface area contributed by atoms with Crippen LogP contribution in [0.2, 0.25) is 0 Å². The van der Waals surface area contributed by atoms with E-state index in [0.29, 0.717) is 12.8 Å². The molecule has 0 spiro atoms. The molecule has 2 saturated heterocycles. The molecule has 0 aromatic rings. The average Bonchev–Trinajstić information content (AvgIpc) is 1.47. The van der Waals surface area contributed by atoms with E-state index in [1.165, 1.54) is 48.5 Å². The van der Waals surface area contributed by atoms with Gasteiger partial charge in [-0.15, -0.1) is 0 Å². The summed E-state index contributed by atoms with van der Waals surface area (Å²) in [5.74, 6) is -17.2. The first-order chi connectivity index (χ1) is 44.6. The summed E-state index contributed by atoms with van der Waals surface area (Å²) in [5, 5.41) is 102. The van der Waals surface area contributed by atoms with E-state index in [0.717, 1.165) is 30.2 Å². The molecular formula is C63H111N13O20. The molecule has 13 amide bonds. The van der Waals surface area contributed by atoms with Gasteiger partial charge in [-0.25, -0.2) is 0 Å². The van der Waals surface area contributed by atoms with Crippen LogP contribution in [-0.4, -0.2) is 252 Å². The molecule has 0 aromatic heterocycles. The van der Waals surface area contributed by atoms with Crippen LogP contribution < -0.4 is 58.9 Å². The lowest BCUT2D eigenvalue weighted by atomic mass is 9.94. The number of carbonyl (C=O) groups excluding carboxylic acids is 13. The normalized spacial score (nSPS) is 29.1. The van der Waals surface area contributed by atoms with E-state index >= 15 is 0 Å². The van der Waals surface area contributed by atoms with Crippen molar-refractivity contribution in [2.24, 2.45) is 35.3 Å². The summed E-state index contributed by atoms with van der Waals surface area (Å²) >= 11 is 0. The minimum Gasteiger partial charge on any atom is -0.394 e. The smallest absolute Gasteiger partial charge is 0.248 e. The van der Waals surface area contributed by atoms with Crippen molar-refractivity contribution < 1.29 is 98.1 Å². The van der Waals surface area contributed by atoms with Crippen molar-refractivity contribution in [1.82, 2.24) is 63.0 Å². The summed E-state index contributed by atoms with van der Waals surface area (Å²) in [6.45, 7) is 19.3. The number of likely N-dealkylation sites (N-methyl/N-ethyl adjacent to an activating group) is 1. The molecule has 0 bridgehead atoms. The van der Waals surface area contributed by atoms with Crippen molar-refractivity contribution in [3.63, 3.8) is 0 Å². The van der Waals surface area contributed by atoms with Crippen LogP contribution in [0.25, 0.3) is 0 Å². The Morgan fingerprint density at radius 2 is 1.04 bits per heavy atom. The van der Waals surface area contributed by atoms with Crippen LogP contribution in [0.1, 0.15) is 161 Å². The van der Waals surface area contributed by atoms with Gasteiger partial charge in [0.15, 0.2) is 0 Å². The molecule has 0 aromatic carbocycles. The van der Waals surface area contributed by atoms with Crippen LogP contribution in [-0.2, 0) is 62.3 Å². The second kappa shape index (κ2) is 39.9. The number of unbranched alkanes of at least 4 members (excludes halogenated alkanes) is 2. The fraction of sp³-hybridized carbons (Fsp3) is 0.794. The highest BCUT2D eigenvalue weighted by molar-refractivity contribution is 6.00. The van der Waals surface area contributed by atoms with Gasteiger partial charge in [0.1, 0.15) is 72.6 Å². The first kappa shape index (κ1) is 84.9. The summed E-state index contributed by atoms with van der Waals surface area (Å²) in [5.41, 5.74) is 5.49. The van der Waals surface area contributed by atoms with Crippen molar-refractivity contribution in [3.8, 4) is 0 Å². The van der Waals surface area contributed by atoms with Crippen molar-refractivity contribution in [2.75, 3.05) is 20.2 Å². The van der Waals surface area contributed by atoms with Gasteiger partial charge in [0.25, 0.3) is 0 Å². The molecule has 19 atom stereocenters. The van der Waals surface area contributed by atoms with Crippen molar-refractivity contribution in [3.05, 3.63) is 0 Å². The van der Waals surface area contributed by atoms with Crippen molar-refractivity contribution in [2.45, 2.75) is 270 Å². The molecule has 1 unspecified atom stereocenters. The van der Waals surface area contributed by atoms with Gasteiger partial charge < -0.3 is 104 Å². The molecule has 0 radical (unpaired) electrons. The molecule has 33 heteroatoms. The third kappa shape index (κ3) is 25.4. The number of primary amides is 1. The summed E-state index contributed by atoms with van der Waals surface area (Å²) in [7, 11) is 1.13. The Balaban J connectivity index is 2.97. The van der Waals surface area contributed by atoms with E-state index in [1.54, 1.807) is 34.6 Å². The predicted octanol–water partition coefficient (Wildman–Crippen LogP) is -5.21. The highest BCUT2D eigenvalue weighted by Crippen LogP contribution is 2.23. The Labute approximate surface area is 561 Å². The highest BCUT2D eigenvalue weighted by atomic mass is 16.3. The lowest BCUT2D eigenvalue weighted by Gasteiger charge is -2.36. The minimum atomic E-state index is -2.17. The second-order valence-corrected chi connectivity index (χ2v) is 27.0. The molecule has 33 nitrogen and oxygen atoms in total. The maximum Gasteiger partial charge on any atom is 0.248 e. The third-order valence-electron chi connectivity index (χ3n) is 17.1. The third-order valence-corrected chi connectivity index (χ3v) is 17.1. The van der Waals surface area contributed by atoms with Gasteiger partial charge in [0, 0.05) is 38.9 Å². The number of aliphatic hydroxyl groups is 7. The average molecular weight is 1370 g/mol. The number of aliphatic hydroxyl groups excluding tert-OH is 7. The molecule has 2 heterocycles. The molecule has 19 N–H and O–H groups in total. The number of fused-ring (bicyclic) bond motifs is 1. The van der Waals surface area contributed by atoms with Gasteiger partial charge in [0.05, 0.1) is 37.1 Å². The van der Waals surface area contributed by atoms with E-state index in [4.69, 9.17) is 5.73 Å². The second-order valence-electron chi connectivity index (χ2n) is 27.0. The van der Waals surface area contributed by atoms with Gasteiger partial charge in [-0.1, -0.05) is 102 Å². The van der Waals surface area contributed by atoms with Gasteiger partial charge in [-0.2, -0.15) is 0 Å². The van der Waals surface area contributed by atoms with E-state index in [9.17, 15) is 98.1 Å². The Kier molecular flexibility index (Phi) is 35.3. The molecule has 0 saturated carbocycles. The lowest BCUT2D eigenvalue weighted by Crippen LogP contribution is -2.65. The summed E-state index contributed by atoms with van der Waals surface area (Å²) in [4.78, 5) is 186. The van der Waals surface area contributed by atoms with Crippen LogP contribution in [0.3, 0.4) is 0 Å². The van der Waals surface area contributed by atoms with Crippen LogP contribution in [0, 0.1) is 29.6 Å². The van der Waals surface area contributed by atoms with Crippen LogP contribution in [0.5, 0.6) is 0 Å². The fourth-order valence-corrected chi connectivity index (χ4v) is 11.1. The SMILES string of the molecule is CCCCC[C@@H]1CC(=O)N[C@@H](C(C)C)C(=O)N[C@H]([C@@H](O)C(C)C)C(=O)N[C@@H](C)C(=O)N[C@H]([C@H](O)C(C)C)C(=O)N[C@H](CCC(N)=O)C(=O)N(C)[C@@H](C(C)CC)C(=O)N[C@H]([C@@H](O)CO)C(=O)N[C@@H]([C@@H](C)O)C(=O)N2C[C@H](O)C[C@H]2C(=O)N[C@H](CC(C)C)C(=O)N[C@@H]([C@@H](C)O)C(=O)N1. The summed E-state index contributed by atoms with van der Waals surface area (Å²) in [6.07, 6.45) is -10.2. The maximum absolute atomic E-state index is 14.7. The fourth-order valence-electron chi connectivity index (χ4n) is 11.1. The number of nitrogens with one attached hydrogen (secondary N) is 10. The Hall–Kier alpha value is -7.17. The number of hydrogen-bond acceptors (Lipinski definition) is 20. The van der Waals surface area contributed by atoms with E-state index in [1.807, 2.05) is 6.92 Å². The van der Waals surface area contributed by atoms with Gasteiger partial charge in [-0.05, 0) is 69.6 Å². The monoisotopic (exact) mass is 1370 g/mol. The lowest BCUT2D eigenvalue weighted by molar-refractivity contribution is -0.147. The van der Waals surface area contributed by atoms with Crippen molar-refractivity contribution >= 4 is 76.8 Å². The van der Waals surface area contributed by atoms with E-state index < -0.39 is 248 Å². The quantitative estimate of drug-likeness (QED) is 0.0507. The number of carbonyl (C=O) groups is 13. The number of nitrogens with two attached hydrogens (primary N) is 1. The molecule has 96 heavy (non-hydrogen) atoms. The Bertz CT molecular complexity index is 2660.